The molecule has 23 heavy (non-hydrogen) atoms. The predicted molar refractivity (Wildman–Crippen MR) is 106 cm³/mol. The van der Waals surface area contributed by atoms with Gasteiger partial charge in [-0.05, 0) is 75.4 Å². The Bertz CT molecular complexity index is 499. The second-order valence-corrected chi connectivity index (χ2v) is 8.63. The van der Waals surface area contributed by atoms with Gasteiger partial charge in [0.05, 0.1) is 0 Å². The molecule has 0 radical (unpaired) electrons. The van der Waals surface area contributed by atoms with Gasteiger partial charge in [-0.1, -0.05) is 69.6 Å². The molecule has 0 saturated heterocycles. The van der Waals surface area contributed by atoms with Crippen LogP contribution in [0.2, 0.25) is 0 Å². The summed E-state index contributed by atoms with van der Waals surface area (Å²) in [5.74, 6) is 0.767. The highest BCUT2D eigenvalue weighted by molar-refractivity contribution is 5.44. The molecule has 1 atom stereocenters. The van der Waals surface area contributed by atoms with Crippen LogP contribution in [0.1, 0.15) is 87.0 Å². The molecule has 0 heteroatoms. The van der Waals surface area contributed by atoms with Gasteiger partial charge < -0.3 is 0 Å². The molecule has 0 aliphatic heterocycles. The van der Waals surface area contributed by atoms with Crippen LogP contribution in [-0.4, -0.2) is 0 Å². The highest BCUT2D eigenvalue weighted by Crippen LogP contribution is 2.42. The van der Waals surface area contributed by atoms with Crippen molar-refractivity contribution in [2.45, 2.75) is 87.0 Å². The van der Waals surface area contributed by atoms with Crippen LogP contribution in [0.25, 0.3) is 0 Å². The first-order valence-electron chi connectivity index (χ1n) is 9.38. The molecule has 0 spiro atoms. The lowest BCUT2D eigenvalue weighted by Gasteiger charge is -2.36. The standard InChI is InChI=1S/C23H38/c1-9-10-11-18(4)14-20(17(2)3)15-21-16-22(23(6,7)8)13-12-19(21)5/h14-15,22H,5,9-13,16H2,1-4,6-8H3/b18-14+,21-15-. The number of hydrogen-bond donors (Lipinski definition) is 0. The topological polar surface area (TPSA) is 0 Å². The number of allylic oxidation sites excluding steroid dienone is 7. The summed E-state index contributed by atoms with van der Waals surface area (Å²) in [4.78, 5) is 0. The molecule has 0 bridgehead atoms. The highest BCUT2D eigenvalue weighted by atomic mass is 14.3. The predicted octanol–water partition coefficient (Wildman–Crippen LogP) is 7.79. The number of rotatable bonds is 5. The van der Waals surface area contributed by atoms with E-state index in [-0.39, 0.29) is 0 Å². The van der Waals surface area contributed by atoms with Crippen molar-refractivity contribution in [2.75, 3.05) is 0 Å². The van der Waals surface area contributed by atoms with Crippen molar-refractivity contribution in [3.8, 4) is 0 Å². The fourth-order valence-corrected chi connectivity index (χ4v) is 3.23. The molecule has 1 fully saturated rings. The van der Waals surface area contributed by atoms with E-state index in [0.717, 1.165) is 12.3 Å². The summed E-state index contributed by atoms with van der Waals surface area (Å²) in [5, 5.41) is 0. The summed E-state index contributed by atoms with van der Waals surface area (Å²) in [5.41, 5.74) is 7.51. The van der Waals surface area contributed by atoms with E-state index in [4.69, 9.17) is 0 Å². The Morgan fingerprint density at radius 2 is 1.87 bits per heavy atom. The smallest absolute Gasteiger partial charge is 0.0243 e. The number of hydrogen-bond acceptors (Lipinski definition) is 0. The summed E-state index contributed by atoms with van der Waals surface area (Å²) < 4.78 is 0. The molecular formula is C23H38. The lowest BCUT2D eigenvalue weighted by molar-refractivity contribution is 0.215. The van der Waals surface area contributed by atoms with E-state index in [0.29, 0.717) is 5.41 Å². The fraction of sp³-hybridized carbons (Fsp3) is 0.652. The van der Waals surface area contributed by atoms with Gasteiger partial charge in [0.15, 0.2) is 0 Å². The molecule has 1 aliphatic carbocycles. The fourth-order valence-electron chi connectivity index (χ4n) is 3.23. The van der Waals surface area contributed by atoms with Gasteiger partial charge in [0.2, 0.25) is 0 Å². The Morgan fingerprint density at radius 1 is 1.22 bits per heavy atom. The summed E-state index contributed by atoms with van der Waals surface area (Å²) in [6, 6.07) is 0. The van der Waals surface area contributed by atoms with E-state index >= 15 is 0 Å². The van der Waals surface area contributed by atoms with Crippen molar-refractivity contribution in [3.05, 3.63) is 46.6 Å². The zero-order chi connectivity index (χ0) is 17.6. The Hall–Kier alpha value is -1.04. The molecule has 0 N–H and O–H groups in total. The van der Waals surface area contributed by atoms with Crippen molar-refractivity contribution < 1.29 is 0 Å². The van der Waals surface area contributed by atoms with Gasteiger partial charge in [-0.15, -0.1) is 0 Å². The van der Waals surface area contributed by atoms with Gasteiger partial charge >= 0.3 is 0 Å². The van der Waals surface area contributed by atoms with Crippen LogP contribution in [0, 0.1) is 11.3 Å². The maximum Gasteiger partial charge on any atom is -0.0243 e. The molecule has 0 amide bonds. The minimum absolute atomic E-state index is 0.387. The molecule has 1 unspecified atom stereocenters. The molecule has 1 rings (SSSR count). The Labute approximate surface area is 145 Å². The van der Waals surface area contributed by atoms with Crippen LogP contribution >= 0.6 is 0 Å². The molecule has 0 nitrogen and oxygen atoms in total. The minimum Gasteiger partial charge on any atom is -0.0956 e. The van der Waals surface area contributed by atoms with E-state index in [9.17, 15) is 0 Å². The van der Waals surface area contributed by atoms with Gasteiger partial charge in [-0.2, -0.15) is 0 Å². The van der Waals surface area contributed by atoms with Gasteiger partial charge in [-0.25, -0.2) is 0 Å². The lowest BCUT2D eigenvalue weighted by atomic mass is 9.69. The summed E-state index contributed by atoms with van der Waals surface area (Å²) >= 11 is 0. The average Bonchev–Trinajstić information content (AvgIpc) is 2.45. The van der Waals surface area contributed by atoms with Crippen molar-refractivity contribution in [3.63, 3.8) is 0 Å². The third-order valence-electron chi connectivity index (χ3n) is 5.17. The molecular weight excluding hydrogens is 276 g/mol. The maximum atomic E-state index is 4.34. The molecule has 0 aromatic rings. The molecule has 1 aliphatic rings. The van der Waals surface area contributed by atoms with Gasteiger partial charge in [0.1, 0.15) is 0 Å². The second-order valence-electron chi connectivity index (χ2n) is 8.63. The summed E-state index contributed by atoms with van der Waals surface area (Å²) in [7, 11) is 0. The minimum atomic E-state index is 0.387. The van der Waals surface area contributed by atoms with Crippen molar-refractivity contribution in [1.29, 1.82) is 0 Å². The quantitative estimate of drug-likeness (QED) is 0.454. The molecule has 0 heterocycles. The van der Waals surface area contributed by atoms with Gasteiger partial charge in [0.25, 0.3) is 0 Å². The highest BCUT2D eigenvalue weighted by Gasteiger charge is 2.29. The molecule has 1 saturated carbocycles. The normalized spacial score (nSPS) is 21.7. The Kier molecular flexibility index (Phi) is 7.58. The van der Waals surface area contributed by atoms with E-state index in [1.54, 1.807) is 0 Å². The van der Waals surface area contributed by atoms with Crippen LogP contribution in [0.5, 0.6) is 0 Å². The van der Waals surface area contributed by atoms with Crippen molar-refractivity contribution in [1.82, 2.24) is 0 Å². The van der Waals surface area contributed by atoms with Crippen molar-refractivity contribution in [2.24, 2.45) is 11.3 Å². The van der Waals surface area contributed by atoms with Crippen LogP contribution in [-0.2, 0) is 0 Å². The zero-order valence-corrected chi connectivity index (χ0v) is 16.7. The van der Waals surface area contributed by atoms with Gasteiger partial charge in [0, 0.05) is 0 Å². The van der Waals surface area contributed by atoms with Crippen LogP contribution in [0.4, 0.5) is 0 Å². The average molecular weight is 315 g/mol. The number of unbranched alkanes of at least 4 members (excludes halogenated alkanes) is 1. The van der Waals surface area contributed by atoms with E-state index < -0.39 is 0 Å². The lowest BCUT2D eigenvalue weighted by Crippen LogP contribution is -2.24. The van der Waals surface area contributed by atoms with Gasteiger partial charge in [-0.3, -0.25) is 0 Å². The van der Waals surface area contributed by atoms with Crippen LogP contribution in [0.15, 0.2) is 46.6 Å². The second kappa shape index (κ2) is 8.71. The largest absolute Gasteiger partial charge is 0.0956 e. The maximum absolute atomic E-state index is 4.34. The first-order chi connectivity index (χ1) is 10.6. The van der Waals surface area contributed by atoms with E-state index in [1.807, 2.05) is 0 Å². The van der Waals surface area contributed by atoms with E-state index in [2.05, 4.69) is 67.2 Å². The van der Waals surface area contributed by atoms with Crippen LogP contribution < -0.4 is 0 Å². The van der Waals surface area contributed by atoms with E-state index in [1.165, 1.54) is 60.0 Å². The molecule has 0 aromatic heterocycles. The molecule has 0 aromatic carbocycles. The van der Waals surface area contributed by atoms with Crippen molar-refractivity contribution >= 4 is 0 Å². The third kappa shape index (κ3) is 6.53. The SMILES string of the molecule is C=C1CCC(C(C)(C)C)C/C1=C/C(/C=C(\C)CCCC)=C(C)C. The summed E-state index contributed by atoms with van der Waals surface area (Å²) in [6.45, 7) is 20.4. The first kappa shape index (κ1) is 20.0. The third-order valence-corrected chi connectivity index (χ3v) is 5.17. The summed E-state index contributed by atoms with van der Waals surface area (Å²) in [6.07, 6.45) is 12.2. The first-order valence-corrected chi connectivity index (χ1v) is 9.38. The van der Waals surface area contributed by atoms with Crippen LogP contribution in [0.3, 0.4) is 0 Å². The Balaban J connectivity index is 3.02. The zero-order valence-electron chi connectivity index (χ0n) is 16.7. The monoisotopic (exact) mass is 314 g/mol. The molecule has 130 valence electrons. The Morgan fingerprint density at radius 3 is 2.39 bits per heavy atom.